The number of ether oxygens (including phenoxy) is 2. The van der Waals surface area contributed by atoms with Crippen molar-refractivity contribution >= 4 is 5.97 Å². The molecule has 5 fully saturated rings. The Hall–Kier alpha value is -2.95. The van der Waals surface area contributed by atoms with E-state index in [-0.39, 0.29) is 45.7 Å². The van der Waals surface area contributed by atoms with Crippen LogP contribution >= 0.6 is 0 Å². The Balaban J connectivity index is 1.02. The van der Waals surface area contributed by atoms with Gasteiger partial charge in [-0.15, -0.1) is 0 Å². The molecule has 2 N–H and O–H groups in total. The topological polar surface area (TPSA) is 104 Å². The van der Waals surface area contributed by atoms with Crippen molar-refractivity contribution in [1.82, 2.24) is 10.3 Å². The van der Waals surface area contributed by atoms with Gasteiger partial charge in [0.15, 0.2) is 0 Å². The minimum Gasteiger partial charge on any atom is -0.475 e. The number of rotatable bonds is 11. The number of nitrogens with zero attached hydrogens (tertiary/aromatic N) is 2. The van der Waals surface area contributed by atoms with Crippen molar-refractivity contribution in [2.45, 2.75) is 176 Å². The van der Waals surface area contributed by atoms with Crippen molar-refractivity contribution < 1.29 is 19.4 Å². The lowest BCUT2D eigenvalue weighted by atomic mass is 9.33. The molecule has 7 aliphatic carbocycles. The maximum absolute atomic E-state index is 13.6. The number of carbonyl (C=O) groups is 1. The van der Waals surface area contributed by atoms with Crippen LogP contribution in [0.2, 0.25) is 0 Å². The number of nitrogens with one attached hydrogen (secondary N) is 1. The number of aromatic nitrogens is 1. The van der Waals surface area contributed by atoms with E-state index in [4.69, 9.17) is 9.47 Å². The number of hydrogen-bond donors (Lipinski definition) is 2. The quantitative estimate of drug-likeness (QED) is 0.169. The fourth-order valence-electron chi connectivity index (χ4n) is 16.3. The minimum atomic E-state index is -0.816. The van der Waals surface area contributed by atoms with Crippen LogP contribution in [0.4, 0.5) is 0 Å². The molecule has 0 bridgehead atoms. The van der Waals surface area contributed by atoms with Gasteiger partial charge in [-0.1, -0.05) is 65.8 Å². The number of hydrogen-bond acceptors (Lipinski definition) is 7. The van der Waals surface area contributed by atoms with Crippen molar-refractivity contribution in [2.24, 2.45) is 62.6 Å². The van der Waals surface area contributed by atoms with Crippen molar-refractivity contribution in [3.05, 3.63) is 59.3 Å². The third kappa shape index (κ3) is 7.29. The Morgan fingerprint density at radius 1 is 0.951 bits per heavy atom. The van der Waals surface area contributed by atoms with Crippen molar-refractivity contribution in [2.75, 3.05) is 19.8 Å². The predicted octanol–water partition coefficient (Wildman–Crippen LogP) is 11.9. The smallest absolute Gasteiger partial charge is 0.315 e. The van der Waals surface area contributed by atoms with Crippen LogP contribution in [0.15, 0.2) is 53.8 Å². The van der Waals surface area contributed by atoms with Gasteiger partial charge in [0, 0.05) is 11.7 Å². The van der Waals surface area contributed by atoms with Crippen molar-refractivity contribution in [3.8, 4) is 11.9 Å². The molecule has 5 saturated carbocycles. The first-order chi connectivity index (χ1) is 28.9. The number of carbonyl (C=O) groups excluding carboxylic acids is 1. The average Bonchev–Trinajstić information content (AvgIpc) is 3.62. The van der Waals surface area contributed by atoms with E-state index in [0.717, 1.165) is 57.4 Å². The zero-order valence-electron chi connectivity index (χ0n) is 39.3. The molecule has 0 aliphatic heterocycles. The summed E-state index contributed by atoms with van der Waals surface area (Å²) in [4.78, 5) is 17.9. The molecule has 334 valence electrons. The molecule has 7 aliphatic rings. The Morgan fingerprint density at radius 2 is 1.72 bits per heavy atom. The number of nitriles is 1. The molecule has 61 heavy (non-hydrogen) atoms. The fourth-order valence-corrected chi connectivity index (χ4v) is 16.3. The molecule has 10 atom stereocenters. The number of allylic oxidation sites excluding steroid dienone is 5. The lowest BCUT2D eigenvalue weighted by molar-refractivity contribution is -0.221. The third-order valence-corrected chi connectivity index (χ3v) is 20.0. The van der Waals surface area contributed by atoms with Crippen molar-refractivity contribution in [3.63, 3.8) is 0 Å². The molecule has 7 heteroatoms. The van der Waals surface area contributed by atoms with Crippen LogP contribution in [0.3, 0.4) is 0 Å². The molecule has 1 heterocycles. The van der Waals surface area contributed by atoms with E-state index in [9.17, 15) is 15.2 Å². The average molecular weight is 834 g/mol. The summed E-state index contributed by atoms with van der Waals surface area (Å²) in [5, 5.41) is 25.5. The van der Waals surface area contributed by atoms with Crippen LogP contribution in [0.5, 0.6) is 5.88 Å². The highest BCUT2D eigenvalue weighted by molar-refractivity contribution is 5.78. The van der Waals surface area contributed by atoms with Gasteiger partial charge in [-0.2, -0.15) is 5.26 Å². The maximum atomic E-state index is 13.6. The zero-order valence-corrected chi connectivity index (χ0v) is 39.3. The molecule has 1 aromatic rings. The van der Waals surface area contributed by atoms with Gasteiger partial charge in [-0.3, -0.25) is 4.79 Å². The molecule has 0 unspecified atom stereocenters. The lowest BCUT2D eigenvalue weighted by Crippen LogP contribution is -2.68. The van der Waals surface area contributed by atoms with Gasteiger partial charge < -0.3 is 19.9 Å². The molecular weight excluding hydrogens is 755 g/mol. The van der Waals surface area contributed by atoms with E-state index in [1.54, 1.807) is 18.3 Å². The molecule has 0 spiro atoms. The van der Waals surface area contributed by atoms with Crippen LogP contribution in [0, 0.1) is 73.9 Å². The van der Waals surface area contributed by atoms with Crippen LogP contribution in [-0.2, 0) is 9.53 Å². The largest absolute Gasteiger partial charge is 0.475 e. The summed E-state index contributed by atoms with van der Waals surface area (Å²) >= 11 is 0. The first-order valence-corrected chi connectivity index (χ1v) is 24.6. The zero-order chi connectivity index (χ0) is 43.6. The Kier molecular flexibility index (Phi) is 11.9. The Labute approximate surface area is 369 Å². The Bertz CT molecular complexity index is 1950. The molecule has 0 aromatic carbocycles. The molecular formula is C54H79N3O4. The molecule has 0 saturated heterocycles. The van der Waals surface area contributed by atoms with E-state index in [0.29, 0.717) is 54.6 Å². The first-order valence-electron chi connectivity index (χ1n) is 24.6. The van der Waals surface area contributed by atoms with Crippen LogP contribution in [0.1, 0.15) is 170 Å². The SMILES string of the molecule is C=C(C)[C@@H]1CC[C@]2(NCCC3(O)CCC(C)CC3)CC[C@]3(C)[C@H](CC[C@@H]4[C@@]5(C)CC=C(C6=CC[C@@](COc7ncccc7C#N)(C(=O)OCC)CC6)C(C)(C)[C@@H]5CC[C@]43C)[C@@H]12. The standard InChI is InChI=1S/C54H79N3O4/c1-10-60-47(58)52(35-61-46-39(34-55)12-11-32-56-46)24-17-38(18-25-52)41-20-22-49(7)43(48(41,5)6)21-23-51(9)44(49)14-13-42-45-40(36(2)3)19-28-54(45,30-29-50(42,51)8)57-33-31-53(59)26-15-37(4)16-27-53/h11-12,17,20,32,37,40,42-45,57,59H,2,10,13-16,18-19,21-31,33,35H2,1,3-9H3/t37?,40-,42+,43-,44+,45+,49-,50+,51+,52+,53?,54-/m0/s1. The highest BCUT2D eigenvalue weighted by atomic mass is 16.5. The van der Waals surface area contributed by atoms with Crippen LogP contribution in [0.25, 0.3) is 0 Å². The second-order valence-electron chi connectivity index (χ2n) is 23.2. The summed E-state index contributed by atoms with van der Waals surface area (Å²) in [7, 11) is 0. The van der Waals surface area contributed by atoms with Gasteiger partial charge in [-0.25, -0.2) is 4.98 Å². The van der Waals surface area contributed by atoms with Gasteiger partial charge in [0.1, 0.15) is 23.7 Å². The number of aliphatic hydroxyl groups is 1. The fraction of sp³-hybridized carbons (Fsp3) is 0.759. The van der Waals surface area contributed by atoms with Gasteiger partial charge in [0.05, 0.1) is 12.2 Å². The summed E-state index contributed by atoms with van der Waals surface area (Å²) in [5.41, 5.74) is 4.26. The number of pyridine rings is 1. The predicted molar refractivity (Wildman–Crippen MR) is 243 cm³/mol. The third-order valence-electron chi connectivity index (χ3n) is 20.0. The summed E-state index contributed by atoms with van der Waals surface area (Å²) in [6, 6.07) is 5.59. The highest BCUT2D eigenvalue weighted by Crippen LogP contribution is 2.76. The van der Waals surface area contributed by atoms with E-state index in [1.165, 1.54) is 68.1 Å². The number of esters is 1. The number of fused-ring (bicyclic) bond motifs is 7. The second kappa shape index (κ2) is 16.2. The van der Waals surface area contributed by atoms with Gasteiger partial charge in [0.2, 0.25) is 5.88 Å². The molecule has 0 amide bonds. The van der Waals surface area contributed by atoms with Crippen molar-refractivity contribution in [1.29, 1.82) is 5.26 Å². The minimum absolute atomic E-state index is 0.0105. The Morgan fingerprint density at radius 3 is 2.41 bits per heavy atom. The van der Waals surface area contributed by atoms with E-state index in [2.05, 4.69) is 83.6 Å². The molecule has 0 radical (unpaired) electrons. The maximum Gasteiger partial charge on any atom is 0.315 e. The summed E-state index contributed by atoms with van der Waals surface area (Å²) < 4.78 is 11.8. The van der Waals surface area contributed by atoms with Gasteiger partial charge in [-0.05, 0) is 210 Å². The normalized spacial score (nSPS) is 42.6. The molecule has 1 aromatic heterocycles. The van der Waals surface area contributed by atoms with Gasteiger partial charge >= 0.3 is 5.97 Å². The van der Waals surface area contributed by atoms with E-state index in [1.807, 2.05) is 6.92 Å². The monoisotopic (exact) mass is 834 g/mol. The highest BCUT2D eigenvalue weighted by Gasteiger charge is 2.70. The lowest BCUT2D eigenvalue weighted by Gasteiger charge is -2.72. The van der Waals surface area contributed by atoms with Crippen LogP contribution in [-0.4, -0.2) is 47.0 Å². The molecule has 8 rings (SSSR count). The molecule has 7 nitrogen and oxygen atoms in total. The summed E-state index contributed by atoms with van der Waals surface area (Å²) in [6.45, 7) is 25.8. The summed E-state index contributed by atoms with van der Waals surface area (Å²) in [6.07, 6.45) is 25.0. The summed E-state index contributed by atoms with van der Waals surface area (Å²) in [5.74, 6) is 3.91. The van der Waals surface area contributed by atoms with E-state index >= 15 is 0 Å². The first kappa shape index (κ1) is 44.6. The van der Waals surface area contributed by atoms with E-state index < -0.39 is 11.0 Å². The van der Waals surface area contributed by atoms with Crippen LogP contribution < -0.4 is 10.1 Å². The van der Waals surface area contributed by atoms with Gasteiger partial charge in [0.25, 0.3) is 0 Å². The second-order valence-corrected chi connectivity index (χ2v) is 23.2.